The quantitative estimate of drug-likeness (QED) is 0.196. The first kappa shape index (κ1) is 23.8. The molecule has 30 heavy (non-hydrogen) atoms. The van der Waals surface area contributed by atoms with Gasteiger partial charge in [0.1, 0.15) is 0 Å². The number of benzene rings is 1. The number of amides is 1. The summed E-state index contributed by atoms with van der Waals surface area (Å²) in [6.07, 6.45) is 7.79. The minimum atomic E-state index is -0.987. The summed E-state index contributed by atoms with van der Waals surface area (Å²) in [5.74, 6) is -1.72. The van der Waals surface area contributed by atoms with E-state index in [0.29, 0.717) is 13.0 Å². The number of methoxy groups -OCH3 is 1. The summed E-state index contributed by atoms with van der Waals surface area (Å²) in [4.78, 5) is 33.0. The second-order valence-corrected chi connectivity index (χ2v) is 7.56. The molecule has 0 saturated carbocycles. The van der Waals surface area contributed by atoms with Crippen LogP contribution in [0.4, 0.5) is 0 Å². The summed E-state index contributed by atoms with van der Waals surface area (Å²) in [5.41, 5.74) is 1.16. The lowest BCUT2D eigenvalue weighted by molar-refractivity contribution is -0.297. The molecule has 1 aromatic rings. The van der Waals surface area contributed by atoms with Gasteiger partial charge in [-0.25, -0.2) is 0 Å². The Morgan fingerprint density at radius 3 is 2.73 bits per heavy atom. The standard InChI is InChI=1S/C23H31NO6/c1-23(17-24-21(26)15-25)29-16-19(12-8-3-4-9-13-22(27)28-2)20(30-23)14-18-10-6-5-7-11-18/h3,5-8,10-11,15,19-20H,4,9,12-14,16-17H2,1-2H3,(H,24,26)/b8-3-/t19-,20+,23+/m0/s1. The Morgan fingerprint density at radius 1 is 1.27 bits per heavy atom. The van der Waals surface area contributed by atoms with Crippen LogP contribution < -0.4 is 5.32 Å². The van der Waals surface area contributed by atoms with Gasteiger partial charge in [-0.1, -0.05) is 42.5 Å². The van der Waals surface area contributed by atoms with E-state index in [1.807, 2.05) is 18.2 Å². The number of allylic oxidation sites excluding steroid dienone is 2. The summed E-state index contributed by atoms with van der Waals surface area (Å²) in [7, 11) is 1.40. The van der Waals surface area contributed by atoms with Crippen LogP contribution in [0.1, 0.15) is 38.2 Å². The van der Waals surface area contributed by atoms with Gasteiger partial charge in [0.05, 0.1) is 26.4 Å². The summed E-state index contributed by atoms with van der Waals surface area (Å²) in [6, 6.07) is 10.1. The molecule has 164 valence electrons. The maximum Gasteiger partial charge on any atom is 0.305 e. The number of hydrogen-bond donors (Lipinski definition) is 1. The molecule has 0 aliphatic carbocycles. The zero-order chi connectivity index (χ0) is 21.8. The summed E-state index contributed by atoms with van der Waals surface area (Å²) < 4.78 is 16.8. The van der Waals surface area contributed by atoms with E-state index in [2.05, 4.69) is 34.3 Å². The third-order valence-corrected chi connectivity index (χ3v) is 5.08. The summed E-state index contributed by atoms with van der Waals surface area (Å²) in [5, 5.41) is 2.51. The van der Waals surface area contributed by atoms with Crippen LogP contribution in [0.15, 0.2) is 42.5 Å². The van der Waals surface area contributed by atoms with E-state index in [1.165, 1.54) is 7.11 Å². The zero-order valence-electron chi connectivity index (χ0n) is 17.7. The van der Waals surface area contributed by atoms with E-state index < -0.39 is 11.7 Å². The fourth-order valence-electron chi connectivity index (χ4n) is 3.35. The van der Waals surface area contributed by atoms with E-state index in [1.54, 1.807) is 6.92 Å². The predicted molar refractivity (Wildman–Crippen MR) is 112 cm³/mol. The molecule has 1 aromatic carbocycles. The lowest BCUT2D eigenvalue weighted by Gasteiger charge is -2.43. The molecular formula is C23H31NO6. The average Bonchev–Trinajstić information content (AvgIpc) is 2.76. The van der Waals surface area contributed by atoms with Gasteiger partial charge in [-0.05, 0) is 38.2 Å². The van der Waals surface area contributed by atoms with E-state index >= 15 is 0 Å². The smallest absolute Gasteiger partial charge is 0.305 e. The molecule has 1 aliphatic rings. The van der Waals surface area contributed by atoms with Gasteiger partial charge in [-0.3, -0.25) is 14.4 Å². The molecule has 0 radical (unpaired) electrons. The molecule has 1 aliphatic heterocycles. The van der Waals surface area contributed by atoms with Crippen LogP contribution in [0, 0.1) is 5.92 Å². The number of carbonyl (C=O) groups excluding carboxylic acids is 3. The monoisotopic (exact) mass is 417 g/mol. The van der Waals surface area contributed by atoms with Crippen LogP contribution in [-0.4, -0.2) is 50.3 Å². The maximum atomic E-state index is 11.3. The highest BCUT2D eigenvalue weighted by Crippen LogP contribution is 2.30. The van der Waals surface area contributed by atoms with Crippen LogP contribution in [0.2, 0.25) is 0 Å². The lowest BCUT2D eigenvalue weighted by atomic mass is 9.91. The number of hydrogen-bond acceptors (Lipinski definition) is 6. The minimum Gasteiger partial charge on any atom is -0.469 e. The van der Waals surface area contributed by atoms with Crippen molar-refractivity contribution in [2.75, 3.05) is 20.3 Å². The molecule has 0 spiro atoms. The molecule has 1 amide bonds. The molecule has 1 N–H and O–H groups in total. The molecule has 1 fully saturated rings. The van der Waals surface area contributed by atoms with E-state index in [9.17, 15) is 14.4 Å². The topological polar surface area (TPSA) is 90.9 Å². The van der Waals surface area contributed by atoms with Crippen LogP contribution >= 0.6 is 0 Å². The van der Waals surface area contributed by atoms with Crippen molar-refractivity contribution in [3.05, 3.63) is 48.0 Å². The Hall–Kier alpha value is -2.51. The first-order valence-electron chi connectivity index (χ1n) is 10.3. The largest absolute Gasteiger partial charge is 0.469 e. The SMILES string of the molecule is COC(=O)CCC/C=C\C[C@H]1CO[C@@](C)(CNC(=O)C=O)O[C@@H]1Cc1ccccc1. The highest BCUT2D eigenvalue weighted by Gasteiger charge is 2.39. The van der Waals surface area contributed by atoms with Gasteiger partial charge in [0.15, 0.2) is 5.79 Å². The number of rotatable bonds is 11. The van der Waals surface area contributed by atoms with Crippen molar-refractivity contribution in [2.45, 2.75) is 50.9 Å². The maximum absolute atomic E-state index is 11.3. The van der Waals surface area contributed by atoms with Crippen LogP contribution in [0.3, 0.4) is 0 Å². The molecule has 0 bridgehead atoms. The van der Waals surface area contributed by atoms with Gasteiger partial charge in [0.25, 0.3) is 5.91 Å². The Kier molecular flexibility index (Phi) is 9.70. The first-order chi connectivity index (χ1) is 14.5. The van der Waals surface area contributed by atoms with Crippen molar-refractivity contribution in [3.8, 4) is 0 Å². The third kappa shape index (κ3) is 8.08. The average molecular weight is 418 g/mol. The molecule has 0 unspecified atom stereocenters. The number of esters is 1. The van der Waals surface area contributed by atoms with Crippen LogP contribution in [0.5, 0.6) is 0 Å². The number of carbonyl (C=O) groups is 3. The van der Waals surface area contributed by atoms with Gasteiger partial charge in [-0.15, -0.1) is 0 Å². The van der Waals surface area contributed by atoms with Crippen molar-refractivity contribution in [3.63, 3.8) is 0 Å². The third-order valence-electron chi connectivity index (χ3n) is 5.08. The fourth-order valence-corrected chi connectivity index (χ4v) is 3.35. The number of unbranched alkanes of at least 4 members (excludes halogenated alkanes) is 1. The molecule has 1 saturated heterocycles. The van der Waals surface area contributed by atoms with Gasteiger partial charge in [-0.2, -0.15) is 0 Å². The normalized spacial score (nSPS) is 23.8. The van der Waals surface area contributed by atoms with Crippen LogP contribution in [-0.2, 0) is 35.0 Å². The van der Waals surface area contributed by atoms with Crippen molar-refractivity contribution in [1.82, 2.24) is 5.32 Å². The van der Waals surface area contributed by atoms with Gasteiger partial charge >= 0.3 is 5.97 Å². The second kappa shape index (κ2) is 12.2. The predicted octanol–water partition coefficient (Wildman–Crippen LogP) is 2.58. The Bertz CT molecular complexity index is 720. The van der Waals surface area contributed by atoms with Gasteiger partial charge in [0, 0.05) is 12.3 Å². The lowest BCUT2D eigenvalue weighted by Crippen LogP contribution is -2.54. The Labute approximate surface area is 177 Å². The molecule has 3 atom stereocenters. The molecular weight excluding hydrogens is 386 g/mol. The number of ether oxygens (including phenoxy) is 3. The number of aldehydes is 1. The highest BCUT2D eigenvalue weighted by atomic mass is 16.7. The van der Waals surface area contributed by atoms with Gasteiger partial charge < -0.3 is 19.5 Å². The van der Waals surface area contributed by atoms with Crippen molar-refractivity contribution >= 4 is 18.2 Å². The van der Waals surface area contributed by atoms with E-state index in [4.69, 9.17) is 9.47 Å². The summed E-state index contributed by atoms with van der Waals surface area (Å²) >= 11 is 0. The molecule has 7 nitrogen and oxygen atoms in total. The van der Waals surface area contributed by atoms with Crippen LogP contribution in [0.25, 0.3) is 0 Å². The highest BCUT2D eigenvalue weighted by molar-refractivity contribution is 6.23. The zero-order valence-corrected chi connectivity index (χ0v) is 17.7. The Morgan fingerprint density at radius 2 is 2.03 bits per heavy atom. The Balaban J connectivity index is 1.95. The van der Waals surface area contributed by atoms with Gasteiger partial charge in [0.2, 0.25) is 6.29 Å². The number of nitrogens with one attached hydrogen (secondary N) is 1. The first-order valence-corrected chi connectivity index (χ1v) is 10.3. The van der Waals surface area contributed by atoms with Crippen molar-refractivity contribution < 1.29 is 28.6 Å². The molecule has 1 heterocycles. The van der Waals surface area contributed by atoms with E-state index in [-0.39, 0.29) is 30.8 Å². The fraction of sp³-hybridized carbons (Fsp3) is 0.522. The van der Waals surface area contributed by atoms with E-state index in [0.717, 1.165) is 31.2 Å². The van der Waals surface area contributed by atoms with Crippen molar-refractivity contribution in [2.24, 2.45) is 5.92 Å². The molecule has 0 aromatic heterocycles. The minimum absolute atomic E-state index is 0.0981. The molecule has 2 rings (SSSR count). The molecule has 7 heteroatoms. The second-order valence-electron chi connectivity index (χ2n) is 7.56. The van der Waals surface area contributed by atoms with Crippen molar-refractivity contribution in [1.29, 1.82) is 0 Å². The summed E-state index contributed by atoms with van der Waals surface area (Å²) in [6.45, 7) is 2.36.